The predicted octanol–water partition coefficient (Wildman–Crippen LogP) is 4.31. The van der Waals surface area contributed by atoms with Crippen molar-refractivity contribution in [3.05, 3.63) is 50.5 Å². The first kappa shape index (κ1) is 11.4. The fraction of sp³-hybridized carbons (Fsp3) is 0.0833. The van der Waals surface area contributed by atoms with Gasteiger partial charge in [-0.05, 0) is 59.3 Å². The molecule has 0 saturated heterocycles. The van der Waals surface area contributed by atoms with Crippen LogP contribution in [-0.2, 0) is 0 Å². The number of ketones is 1. The lowest BCUT2D eigenvalue weighted by molar-refractivity contribution is 0.102. The lowest BCUT2D eigenvalue weighted by Crippen LogP contribution is -1.89. The van der Waals surface area contributed by atoms with Gasteiger partial charge >= 0.3 is 0 Å². The molecule has 0 N–H and O–H groups in total. The molecule has 2 heterocycles. The topological polar surface area (TPSA) is 30.2 Å². The molecule has 2 rings (SSSR count). The third-order valence-corrected chi connectivity index (χ3v) is 3.57. The first-order chi connectivity index (χ1) is 7.65. The maximum Gasteiger partial charge on any atom is 0.221 e. The van der Waals surface area contributed by atoms with E-state index < -0.39 is 0 Å². The van der Waals surface area contributed by atoms with E-state index in [4.69, 9.17) is 4.42 Å². The summed E-state index contributed by atoms with van der Waals surface area (Å²) in [7, 11) is 0. The van der Waals surface area contributed by atoms with Gasteiger partial charge < -0.3 is 4.42 Å². The highest BCUT2D eigenvalue weighted by Crippen LogP contribution is 2.23. The highest BCUT2D eigenvalue weighted by atomic mass is 79.9. The second-order valence-electron chi connectivity index (χ2n) is 3.25. The van der Waals surface area contributed by atoms with Crippen LogP contribution in [0.4, 0.5) is 0 Å². The van der Waals surface area contributed by atoms with Crippen LogP contribution in [0.1, 0.15) is 21.2 Å². The fourth-order valence-corrected chi connectivity index (χ4v) is 2.55. The van der Waals surface area contributed by atoms with E-state index in [0.29, 0.717) is 5.76 Å². The monoisotopic (exact) mass is 296 g/mol. The zero-order valence-electron chi connectivity index (χ0n) is 8.57. The lowest BCUT2D eigenvalue weighted by Gasteiger charge is -1.88. The average Bonchev–Trinajstić information content (AvgIpc) is 2.84. The molecule has 0 atom stereocenters. The molecule has 0 unspecified atom stereocenters. The van der Waals surface area contributed by atoms with Crippen molar-refractivity contribution in [3.8, 4) is 0 Å². The van der Waals surface area contributed by atoms with E-state index in [9.17, 15) is 4.79 Å². The molecule has 0 aliphatic carbocycles. The van der Waals surface area contributed by atoms with Crippen LogP contribution in [0.3, 0.4) is 0 Å². The standard InChI is InChI=1S/C12H9BrO2S/c1-8-2-6-11(15-8)10(14)5-3-9-4-7-12(13)16-9/h2-7H,1H3. The van der Waals surface area contributed by atoms with Crippen LogP contribution in [0.15, 0.2) is 38.5 Å². The Morgan fingerprint density at radius 1 is 1.38 bits per heavy atom. The van der Waals surface area contributed by atoms with Gasteiger partial charge in [0.1, 0.15) is 5.76 Å². The first-order valence-electron chi connectivity index (χ1n) is 4.69. The van der Waals surface area contributed by atoms with E-state index in [1.807, 2.05) is 19.1 Å². The largest absolute Gasteiger partial charge is 0.458 e. The van der Waals surface area contributed by atoms with Crippen molar-refractivity contribution in [2.24, 2.45) is 0 Å². The number of carbonyl (C=O) groups excluding carboxylic acids is 1. The molecule has 4 heteroatoms. The number of hydrogen-bond donors (Lipinski definition) is 0. The van der Waals surface area contributed by atoms with E-state index in [-0.39, 0.29) is 5.78 Å². The normalized spacial score (nSPS) is 11.1. The summed E-state index contributed by atoms with van der Waals surface area (Å²) in [5, 5.41) is 0. The third kappa shape index (κ3) is 2.71. The van der Waals surface area contributed by atoms with Gasteiger partial charge in [-0.25, -0.2) is 0 Å². The number of carbonyl (C=O) groups is 1. The molecule has 0 bridgehead atoms. The summed E-state index contributed by atoms with van der Waals surface area (Å²) in [5.74, 6) is 1.01. The molecule has 0 spiro atoms. The van der Waals surface area contributed by atoms with Gasteiger partial charge in [0.2, 0.25) is 5.78 Å². The molecule has 0 saturated carbocycles. The SMILES string of the molecule is Cc1ccc(C(=O)C=Cc2ccc(Br)s2)o1. The number of allylic oxidation sites excluding steroid dienone is 1. The Balaban J connectivity index is 2.10. The molecule has 2 aromatic heterocycles. The maximum absolute atomic E-state index is 11.7. The summed E-state index contributed by atoms with van der Waals surface area (Å²) in [5.41, 5.74) is 0. The number of rotatable bonds is 3. The van der Waals surface area contributed by atoms with Crippen molar-refractivity contribution in [2.45, 2.75) is 6.92 Å². The Morgan fingerprint density at radius 3 is 2.75 bits per heavy atom. The quantitative estimate of drug-likeness (QED) is 0.624. The van der Waals surface area contributed by atoms with Crippen molar-refractivity contribution in [1.29, 1.82) is 0 Å². The highest BCUT2D eigenvalue weighted by Gasteiger charge is 2.05. The van der Waals surface area contributed by atoms with E-state index in [0.717, 1.165) is 14.4 Å². The second-order valence-corrected chi connectivity index (χ2v) is 5.74. The Hall–Kier alpha value is -1.13. The molecule has 0 aliphatic rings. The first-order valence-corrected chi connectivity index (χ1v) is 6.30. The average molecular weight is 297 g/mol. The summed E-state index contributed by atoms with van der Waals surface area (Å²) in [6.45, 7) is 1.82. The van der Waals surface area contributed by atoms with Gasteiger partial charge in [-0.3, -0.25) is 4.79 Å². The minimum atomic E-state index is -0.113. The minimum Gasteiger partial charge on any atom is -0.458 e. The number of aryl methyl sites for hydroxylation is 1. The zero-order chi connectivity index (χ0) is 11.5. The molecule has 0 radical (unpaired) electrons. The summed E-state index contributed by atoms with van der Waals surface area (Å²) in [4.78, 5) is 12.7. The van der Waals surface area contributed by atoms with Gasteiger partial charge in [-0.2, -0.15) is 0 Å². The summed E-state index contributed by atoms with van der Waals surface area (Å²) in [6, 6.07) is 7.37. The van der Waals surface area contributed by atoms with E-state index in [1.54, 1.807) is 29.5 Å². The van der Waals surface area contributed by atoms with Crippen LogP contribution >= 0.6 is 27.3 Å². The van der Waals surface area contributed by atoms with Crippen molar-refractivity contribution in [3.63, 3.8) is 0 Å². The Bertz CT molecular complexity index is 537. The van der Waals surface area contributed by atoms with Crippen LogP contribution < -0.4 is 0 Å². The van der Waals surface area contributed by atoms with Crippen molar-refractivity contribution in [1.82, 2.24) is 0 Å². The summed E-state index contributed by atoms with van der Waals surface area (Å²) >= 11 is 4.95. The van der Waals surface area contributed by atoms with E-state index in [1.165, 1.54) is 6.08 Å². The van der Waals surface area contributed by atoms with Gasteiger partial charge in [0, 0.05) is 4.88 Å². The number of thiophene rings is 1. The van der Waals surface area contributed by atoms with Gasteiger partial charge in [-0.1, -0.05) is 0 Å². The predicted molar refractivity (Wildman–Crippen MR) is 68.8 cm³/mol. The minimum absolute atomic E-state index is 0.113. The lowest BCUT2D eigenvalue weighted by atomic mass is 10.2. The van der Waals surface area contributed by atoms with Crippen LogP contribution in [0.2, 0.25) is 0 Å². The van der Waals surface area contributed by atoms with Crippen LogP contribution in [0.5, 0.6) is 0 Å². The Labute approximate surface area is 106 Å². The number of halogens is 1. The molecular weight excluding hydrogens is 288 g/mol. The Morgan fingerprint density at radius 2 is 2.19 bits per heavy atom. The Kier molecular flexibility index (Phi) is 3.41. The van der Waals surface area contributed by atoms with E-state index in [2.05, 4.69) is 15.9 Å². The molecular formula is C12H9BrO2S. The van der Waals surface area contributed by atoms with Crippen LogP contribution in [-0.4, -0.2) is 5.78 Å². The smallest absolute Gasteiger partial charge is 0.221 e. The maximum atomic E-state index is 11.7. The fourth-order valence-electron chi connectivity index (χ4n) is 1.22. The van der Waals surface area contributed by atoms with Crippen LogP contribution in [0.25, 0.3) is 6.08 Å². The van der Waals surface area contributed by atoms with Crippen molar-refractivity contribution < 1.29 is 9.21 Å². The van der Waals surface area contributed by atoms with Gasteiger partial charge in [-0.15, -0.1) is 11.3 Å². The summed E-state index contributed by atoms with van der Waals surface area (Å²) < 4.78 is 6.28. The zero-order valence-corrected chi connectivity index (χ0v) is 11.0. The van der Waals surface area contributed by atoms with Gasteiger partial charge in [0.25, 0.3) is 0 Å². The molecule has 16 heavy (non-hydrogen) atoms. The summed E-state index contributed by atoms with van der Waals surface area (Å²) in [6.07, 6.45) is 3.31. The van der Waals surface area contributed by atoms with Crippen LogP contribution in [0, 0.1) is 6.92 Å². The molecule has 2 nitrogen and oxygen atoms in total. The number of hydrogen-bond acceptors (Lipinski definition) is 3. The van der Waals surface area contributed by atoms with E-state index >= 15 is 0 Å². The molecule has 2 aromatic rings. The third-order valence-electron chi connectivity index (χ3n) is 1.98. The van der Waals surface area contributed by atoms with Gasteiger partial charge in [0.15, 0.2) is 5.76 Å². The molecule has 0 aliphatic heterocycles. The highest BCUT2D eigenvalue weighted by molar-refractivity contribution is 9.11. The van der Waals surface area contributed by atoms with Gasteiger partial charge in [0.05, 0.1) is 3.79 Å². The molecule has 0 amide bonds. The molecule has 82 valence electrons. The number of furan rings is 1. The molecule has 0 fully saturated rings. The second kappa shape index (κ2) is 4.80. The van der Waals surface area contributed by atoms with Crippen molar-refractivity contribution >= 4 is 39.1 Å². The van der Waals surface area contributed by atoms with Crippen molar-refractivity contribution in [2.75, 3.05) is 0 Å². The molecule has 0 aromatic carbocycles.